The van der Waals surface area contributed by atoms with Crippen molar-refractivity contribution in [1.82, 2.24) is 0 Å². The van der Waals surface area contributed by atoms with Crippen LogP contribution in [0.5, 0.6) is 0 Å². The van der Waals surface area contributed by atoms with Gasteiger partial charge in [-0.15, -0.1) is 0 Å². The number of nitrogens with two attached hydrogens (primary N) is 1. The molecule has 0 aliphatic heterocycles. The maximum Gasteiger partial charge on any atom is 0.148 e. The zero-order chi connectivity index (χ0) is 13.1. The van der Waals surface area contributed by atoms with Gasteiger partial charge in [-0.05, 0) is 29.9 Å². The van der Waals surface area contributed by atoms with E-state index in [9.17, 15) is 4.39 Å². The molecule has 17 heavy (non-hydrogen) atoms. The zero-order valence-electron chi connectivity index (χ0n) is 11.2. The molecule has 0 unspecified atom stereocenters. The van der Waals surface area contributed by atoms with Crippen molar-refractivity contribution in [3.63, 3.8) is 0 Å². The van der Waals surface area contributed by atoms with E-state index in [-0.39, 0.29) is 16.9 Å². The second-order valence-corrected chi connectivity index (χ2v) is 5.82. The average molecular weight is 238 g/mol. The summed E-state index contributed by atoms with van der Waals surface area (Å²) in [6.45, 7) is 9.61. The molecule has 1 aromatic rings. The lowest BCUT2D eigenvalue weighted by atomic mass is 9.84. The largest absolute Gasteiger partial charge is 0.395 e. The van der Waals surface area contributed by atoms with Crippen LogP contribution in [0.4, 0.5) is 15.8 Å². The third-order valence-corrected chi connectivity index (χ3v) is 2.77. The minimum Gasteiger partial charge on any atom is -0.395 e. The van der Waals surface area contributed by atoms with Gasteiger partial charge in [0.05, 0.1) is 11.4 Å². The summed E-state index contributed by atoms with van der Waals surface area (Å²) in [5, 5.41) is 3.23. The van der Waals surface area contributed by atoms with Gasteiger partial charge in [-0.3, -0.25) is 0 Å². The van der Waals surface area contributed by atoms with Crippen LogP contribution < -0.4 is 11.1 Å². The van der Waals surface area contributed by atoms with Gasteiger partial charge in [0.1, 0.15) is 5.82 Å². The van der Waals surface area contributed by atoms with Gasteiger partial charge in [-0.2, -0.15) is 0 Å². The minimum atomic E-state index is -0.364. The zero-order valence-corrected chi connectivity index (χ0v) is 11.2. The van der Waals surface area contributed by atoms with E-state index < -0.39 is 0 Å². The third-order valence-electron chi connectivity index (χ3n) is 2.77. The van der Waals surface area contributed by atoms with Crippen LogP contribution in [0.2, 0.25) is 0 Å². The number of anilines is 2. The van der Waals surface area contributed by atoms with Crippen molar-refractivity contribution < 1.29 is 4.39 Å². The predicted octanol–water partition coefficient (Wildman–Crippen LogP) is 3.89. The van der Waals surface area contributed by atoms with Crippen LogP contribution in [0.3, 0.4) is 0 Å². The third kappa shape index (κ3) is 4.25. The van der Waals surface area contributed by atoms with Gasteiger partial charge < -0.3 is 11.1 Å². The van der Waals surface area contributed by atoms with E-state index in [1.165, 1.54) is 6.07 Å². The SMILES string of the molecule is CC(C)CC(C)(C)CNc1cccc(F)c1N. The van der Waals surface area contributed by atoms with Crippen LogP contribution in [0.25, 0.3) is 0 Å². The van der Waals surface area contributed by atoms with Gasteiger partial charge in [-0.1, -0.05) is 33.8 Å². The second-order valence-electron chi connectivity index (χ2n) is 5.82. The standard InChI is InChI=1S/C14H23FN2/c1-10(2)8-14(3,4)9-17-12-7-5-6-11(15)13(12)16/h5-7,10,17H,8-9,16H2,1-4H3. The molecule has 0 amide bonds. The summed E-state index contributed by atoms with van der Waals surface area (Å²) in [7, 11) is 0. The van der Waals surface area contributed by atoms with Crippen LogP contribution >= 0.6 is 0 Å². The number of hydrogen-bond acceptors (Lipinski definition) is 2. The Kier molecular flexibility index (Phi) is 4.38. The monoisotopic (exact) mass is 238 g/mol. The van der Waals surface area contributed by atoms with E-state index >= 15 is 0 Å². The number of halogens is 1. The van der Waals surface area contributed by atoms with Gasteiger partial charge in [0.2, 0.25) is 0 Å². The molecule has 0 spiro atoms. The molecule has 0 aliphatic carbocycles. The van der Waals surface area contributed by atoms with E-state index in [0.29, 0.717) is 11.6 Å². The van der Waals surface area contributed by atoms with E-state index in [4.69, 9.17) is 5.73 Å². The molecule has 1 aromatic carbocycles. The van der Waals surface area contributed by atoms with Crippen molar-refractivity contribution in [3.8, 4) is 0 Å². The molecule has 3 N–H and O–H groups in total. The summed E-state index contributed by atoms with van der Waals surface area (Å²) in [5.41, 5.74) is 6.73. The molecule has 0 saturated carbocycles. The lowest BCUT2D eigenvalue weighted by Crippen LogP contribution is -2.25. The van der Waals surface area contributed by atoms with Gasteiger partial charge in [0.25, 0.3) is 0 Å². The second kappa shape index (κ2) is 5.39. The van der Waals surface area contributed by atoms with Crippen molar-refractivity contribution in [3.05, 3.63) is 24.0 Å². The van der Waals surface area contributed by atoms with Crippen molar-refractivity contribution in [2.24, 2.45) is 11.3 Å². The number of nitrogen functional groups attached to an aromatic ring is 1. The fourth-order valence-corrected chi connectivity index (χ4v) is 2.20. The van der Waals surface area contributed by atoms with Crippen LogP contribution in [0.1, 0.15) is 34.1 Å². The number of rotatable bonds is 5. The summed E-state index contributed by atoms with van der Waals surface area (Å²) in [6.07, 6.45) is 1.12. The predicted molar refractivity (Wildman–Crippen MR) is 72.5 cm³/mol. The van der Waals surface area contributed by atoms with Crippen LogP contribution in [-0.4, -0.2) is 6.54 Å². The summed E-state index contributed by atoms with van der Waals surface area (Å²) < 4.78 is 13.2. The highest BCUT2D eigenvalue weighted by Crippen LogP contribution is 2.27. The first-order valence-electron chi connectivity index (χ1n) is 6.10. The molecule has 0 radical (unpaired) electrons. The number of benzene rings is 1. The van der Waals surface area contributed by atoms with Crippen molar-refractivity contribution in [1.29, 1.82) is 0 Å². The Morgan fingerprint density at radius 1 is 1.35 bits per heavy atom. The van der Waals surface area contributed by atoms with Gasteiger partial charge in [-0.25, -0.2) is 4.39 Å². The van der Waals surface area contributed by atoms with Crippen LogP contribution in [-0.2, 0) is 0 Å². The van der Waals surface area contributed by atoms with E-state index in [1.807, 2.05) is 6.07 Å². The first kappa shape index (κ1) is 13.8. The lowest BCUT2D eigenvalue weighted by Gasteiger charge is -2.27. The van der Waals surface area contributed by atoms with E-state index in [1.54, 1.807) is 6.07 Å². The molecule has 3 heteroatoms. The summed E-state index contributed by atoms with van der Waals surface area (Å²) >= 11 is 0. The molecule has 0 heterocycles. The Bertz CT molecular complexity index is 372. The van der Waals surface area contributed by atoms with Gasteiger partial charge in [0, 0.05) is 6.54 Å². The quantitative estimate of drug-likeness (QED) is 0.764. The maximum atomic E-state index is 13.2. The average Bonchev–Trinajstić information content (AvgIpc) is 2.18. The van der Waals surface area contributed by atoms with Crippen LogP contribution in [0, 0.1) is 17.2 Å². The molecule has 0 bridgehead atoms. The molecule has 0 aromatic heterocycles. The smallest absolute Gasteiger partial charge is 0.148 e. The first-order valence-corrected chi connectivity index (χ1v) is 6.10. The number of hydrogen-bond donors (Lipinski definition) is 2. The Balaban J connectivity index is 2.64. The highest BCUT2D eigenvalue weighted by molar-refractivity contribution is 5.66. The van der Waals surface area contributed by atoms with E-state index in [2.05, 4.69) is 33.0 Å². The van der Waals surface area contributed by atoms with Gasteiger partial charge >= 0.3 is 0 Å². The molecular weight excluding hydrogens is 215 g/mol. The highest BCUT2D eigenvalue weighted by atomic mass is 19.1. The molecule has 96 valence electrons. The topological polar surface area (TPSA) is 38.0 Å². The van der Waals surface area contributed by atoms with Crippen LogP contribution in [0.15, 0.2) is 18.2 Å². The molecular formula is C14H23FN2. The molecule has 0 aliphatic rings. The van der Waals surface area contributed by atoms with Gasteiger partial charge in [0.15, 0.2) is 0 Å². The molecule has 2 nitrogen and oxygen atoms in total. The van der Waals surface area contributed by atoms with Crippen molar-refractivity contribution in [2.45, 2.75) is 34.1 Å². The summed E-state index contributed by atoms with van der Waals surface area (Å²) in [6, 6.07) is 4.85. The minimum absolute atomic E-state index is 0.174. The Morgan fingerprint density at radius 3 is 2.59 bits per heavy atom. The fourth-order valence-electron chi connectivity index (χ4n) is 2.20. The normalized spacial score (nSPS) is 11.9. The van der Waals surface area contributed by atoms with Crippen molar-refractivity contribution in [2.75, 3.05) is 17.6 Å². The van der Waals surface area contributed by atoms with Crippen molar-refractivity contribution >= 4 is 11.4 Å². The Hall–Kier alpha value is -1.25. The molecule has 0 atom stereocenters. The number of nitrogens with one attached hydrogen (secondary N) is 1. The Morgan fingerprint density at radius 2 is 2.00 bits per heavy atom. The number of para-hydroxylation sites is 1. The first-order chi connectivity index (χ1) is 7.82. The fraction of sp³-hybridized carbons (Fsp3) is 0.571. The molecule has 1 rings (SSSR count). The Labute approximate surface area is 103 Å². The molecule has 0 fully saturated rings. The highest BCUT2D eigenvalue weighted by Gasteiger charge is 2.19. The van der Waals surface area contributed by atoms with E-state index in [0.717, 1.165) is 13.0 Å². The molecule has 0 saturated heterocycles. The summed E-state index contributed by atoms with van der Waals surface area (Å²) in [4.78, 5) is 0. The maximum absolute atomic E-state index is 13.2. The lowest BCUT2D eigenvalue weighted by molar-refractivity contribution is 0.306. The summed E-state index contributed by atoms with van der Waals surface area (Å²) in [5.74, 6) is 0.285.